The van der Waals surface area contributed by atoms with E-state index in [0.717, 1.165) is 77.9 Å². The van der Waals surface area contributed by atoms with Crippen molar-refractivity contribution in [2.24, 2.45) is 0 Å². The minimum atomic E-state index is -0.933. The van der Waals surface area contributed by atoms with Gasteiger partial charge in [0.15, 0.2) is 0 Å². The van der Waals surface area contributed by atoms with Crippen LogP contribution >= 0.6 is 0 Å². The zero-order valence-corrected chi connectivity index (χ0v) is 30.0. The van der Waals surface area contributed by atoms with Crippen molar-refractivity contribution in [2.75, 3.05) is 0 Å². The fourth-order valence-electron chi connectivity index (χ4n) is 7.30. The lowest BCUT2D eigenvalue weighted by Gasteiger charge is -2.05. The summed E-state index contributed by atoms with van der Waals surface area (Å²) in [5, 5.41) is 19.5. The second-order valence-electron chi connectivity index (χ2n) is 13.4. The number of carboxylic acid groups (broad SMARTS) is 2. The number of allylic oxidation sites excluding steroid dienone is 4. The number of carboxylic acids is 2. The van der Waals surface area contributed by atoms with Crippen molar-refractivity contribution in [2.45, 2.75) is 66.3 Å². The van der Waals surface area contributed by atoms with Gasteiger partial charge in [0.2, 0.25) is 23.7 Å². The molecule has 0 fully saturated rings. The van der Waals surface area contributed by atoms with E-state index >= 15 is 0 Å². The molecule has 52 heavy (non-hydrogen) atoms. The second-order valence-corrected chi connectivity index (χ2v) is 13.4. The van der Waals surface area contributed by atoms with Crippen molar-refractivity contribution < 1.29 is 29.2 Å². The lowest BCUT2D eigenvalue weighted by molar-refractivity contribution is -0.685. The molecule has 5 heterocycles. The number of benzene rings is 1. The standard InChI is InChI=1S/C43H42N4O5/c1-7-30-24(3)34-19-35-26(5)32(14-16-42(49)50)39(46-35)22-41-33(15-17-43(51)52)27(6)40(47(41)23-29(48)18-28-12-10-9-11-13-28)21-38-31(8-2)25(4)36(45-38)20-37(30)44-34/h7-13,19-22H,1-2,14-18,23H2,3-6H3,(H3,44,45,46,49,50,51,52)/p+1. The number of fused-ring (bicyclic) bond motifs is 8. The molecule has 0 saturated carbocycles. The summed E-state index contributed by atoms with van der Waals surface area (Å²) in [5.41, 5.74) is 14.1. The molecule has 0 saturated heterocycles. The number of nitrogens with one attached hydrogen (secondary N) is 2. The smallest absolute Gasteiger partial charge is 0.303 e. The molecule has 9 heteroatoms. The van der Waals surface area contributed by atoms with Crippen LogP contribution < -0.4 is 4.57 Å². The zero-order valence-electron chi connectivity index (χ0n) is 30.0. The first-order valence-electron chi connectivity index (χ1n) is 17.4. The van der Waals surface area contributed by atoms with E-state index in [4.69, 9.17) is 4.98 Å². The number of aliphatic carboxylic acids is 2. The van der Waals surface area contributed by atoms with E-state index in [1.165, 1.54) is 0 Å². The van der Waals surface area contributed by atoms with Gasteiger partial charge in [-0.15, -0.1) is 0 Å². The Morgan fingerprint density at radius 3 is 1.88 bits per heavy atom. The number of aryl methyl sites for hydroxylation is 2. The van der Waals surface area contributed by atoms with Crippen LogP contribution in [0.3, 0.4) is 0 Å². The van der Waals surface area contributed by atoms with E-state index in [0.29, 0.717) is 17.1 Å². The minimum absolute atomic E-state index is 0.0222. The maximum Gasteiger partial charge on any atom is 0.303 e. The summed E-state index contributed by atoms with van der Waals surface area (Å²) < 4.78 is 1.96. The first-order valence-corrected chi connectivity index (χ1v) is 17.4. The Morgan fingerprint density at radius 1 is 0.712 bits per heavy atom. The molecular formula is C43H43N4O5+. The van der Waals surface area contributed by atoms with Gasteiger partial charge in [-0.1, -0.05) is 55.6 Å². The average molecular weight is 696 g/mol. The Balaban J connectivity index is 1.76. The molecule has 0 radical (unpaired) electrons. The quantitative estimate of drug-likeness (QED) is 0.110. The molecule has 0 amide bonds. The van der Waals surface area contributed by atoms with Crippen molar-refractivity contribution in [3.8, 4) is 0 Å². The van der Waals surface area contributed by atoms with E-state index in [2.05, 4.69) is 29.2 Å². The summed E-state index contributed by atoms with van der Waals surface area (Å²) in [6.45, 7) is 16.2. The molecule has 3 aromatic heterocycles. The van der Waals surface area contributed by atoms with Crippen molar-refractivity contribution in [3.63, 3.8) is 0 Å². The Kier molecular flexibility index (Phi) is 10.1. The van der Waals surface area contributed by atoms with Gasteiger partial charge >= 0.3 is 11.9 Å². The molecule has 264 valence electrons. The number of aromatic nitrogens is 4. The molecule has 4 aromatic rings. The van der Waals surface area contributed by atoms with Gasteiger partial charge in [-0.3, -0.25) is 14.4 Å². The molecule has 9 nitrogen and oxygen atoms in total. The minimum Gasteiger partial charge on any atom is -0.481 e. The number of nitrogens with zero attached hydrogens (tertiary/aromatic N) is 2. The fraction of sp³-hybridized carbons (Fsp3) is 0.233. The summed E-state index contributed by atoms with van der Waals surface area (Å²) in [6.07, 6.45) is 4.13. The van der Waals surface area contributed by atoms with Crippen LogP contribution in [0, 0.1) is 13.8 Å². The third-order valence-electron chi connectivity index (χ3n) is 10.1. The number of H-pyrrole nitrogens is 2. The van der Waals surface area contributed by atoms with Crippen molar-refractivity contribution in [1.29, 1.82) is 0 Å². The lowest BCUT2D eigenvalue weighted by atomic mass is 9.98. The molecular weight excluding hydrogens is 652 g/mol. The van der Waals surface area contributed by atoms with E-state index in [1.807, 2.05) is 92.9 Å². The van der Waals surface area contributed by atoms with Gasteiger partial charge in [-0.05, 0) is 80.5 Å². The van der Waals surface area contributed by atoms with E-state index in [-0.39, 0.29) is 44.4 Å². The van der Waals surface area contributed by atoms with Crippen LogP contribution in [0.25, 0.3) is 56.5 Å². The van der Waals surface area contributed by atoms with Crippen LogP contribution in [0.2, 0.25) is 0 Å². The van der Waals surface area contributed by atoms with Gasteiger partial charge in [-0.25, -0.2) is 4.98 Å². The normalized spacial score (nSPS) is 12.7. The zero-order chi connectivity index (χ0) is 37.3. The summed E-state index contributed by atoms with van der Waals surface area (Å²) in [5.74, 6) is -1.88. The Labute approximate surface area is 302 Å². The number of ketones is 1. The highest BCUT2D eigenvalue weighted by Gasteiger charge is 2.33. The predicted octanol–water partition coefficient (Wildman–Crippen LogP) is 8.51. The monoisotopic (exact) mass is 695 g/mol. The predicted molar refractivity (Wildman–Crippen MR) is 207 cm³/mol. The van der Waals surface area contributed by atoms with Gasteiger partial charge in [0.1, 0.15) is 0 Å². The van der Waals surface area contributed by atoms with Crippen LogP contribution in [-0.4, -0.2) is 42.9 Å². The Morgan fingerprint density at radius 2 is 1.29 bits per heavy atom. The first kappa shape index (κ1) is 35.7. The molecule has 0 unspecified atom stereocenters. The van der Waals surface area contributed by atoms with Gasteiger partial charge in [0.05, 0.1) is 16.9 Å². The van der Waals surface area contributed by atoms with Gasteiger partial charge in [0, 0.05) is 70.2 Å². The third kappa shape index (κ3) is 6.94. The molecule has 2 aliphatic rings. The van der Waals surface area contributed by atoms with Crippen LogP contribution in [-0.2, 0) is 27.3 Å². The topological polar surface area (TPSA) is 140 Å². The van der Waals surface area contributed by atoms with Crippen LogP contribution in [0.4, 0.5) is 0 Å². The Hall–Kier alpha value is -6.09. The van der Waals surface area contributed by atoms with Crippen molar-refractivity contribution in [3.05, 3.63) is 118 Å². The SMILES string of the molecule is C=Cc1c(C)c2cc3[nH]c(cc4nc(cc5[n+](CC(=O)Cc6ccccc6)c(cc1[nH]2)C(C)=C5CCC(=O)O)C(CCC(=O)O)=C4C)c(C)c3C=C. The number of hydrogen-bond acceptors (Lipinski definition) is 4. The highest BCUT2D eigenvalue weighted by atomic mass is 16.4. The van der Waals surface area contributed by atoms with Crippen molar-refractivity contribution >= 4 is 74.2 Å². The number of rotatable bonds is 12. The van der Waals surface area contributed by atoms with E-state index in [9.17, 15) is 24.6 Å². The van der Waals surface area contributed by atoms with E-state index < -0.39 is 11.9 Å². The number of carbonyl (C=O) groups is 3. The number of hydrogen-bond donors (Lipinski definition) is 4. The maximum atomic E-state index is 13.9. The van der Waals surface area contributed by atoms with Gasteiger partial charge in [0.25, 0.3) is 0 Å². The van der Waals surface area contributed by atoms with Crippen LogP contribution in [0.1, 0.15) is 90.1 Å². The molecule has 8 bridgehead atoms. The molecule has 0 aliphatic carbocycles. The van der Waals surface area contributed by atoms with Gasteiger partial charge in [-0.2, -0.15) is 4.57 Å². The summed E-state index contributed by atoms with van der Waals surface area (Å²) >= 11 is 0. The summed E-state index contributed by atoms with van der Waals surface area (Å²) in [6, 6.07) is 17.5. The first-order chi connectivity index (χ1) is 24.9. The van der Waals surface area contributed by atoms with Crippen LogP contribution in [0.15, 0.2) is 67.8 Å². The number of Topliss-reactive ketones (excluding diaryl/α,β-unsaturated/α-hetero) is 1. The highest BCUT2D eigenvalue weighted by molar-refractivity contribution is 5.96. The number of aromatic amines is 2. The molecule has 2 aliphatic heterocycles. The summed E-state index contributed by atoms with van der Waals surface area (Å²) in [7, 11) is 0. The molecule has 1 aromatic carbocycles. The van der Waals surface area contributed by atoms with E-state index in [1.54, 1.807) is 0 Å². The molecule has 0 atom stereocenters. The Bertz CT molecular complexity index is 2410. The summed E-state index contributed by atoms with van der Waals surface area (Å²) in [4.78, 5) is 49.9. The average Bonchev–Trinajstić information content (AvgIpc) is 3.75. The highest BCUT2D eigenvalue weighted by Crippen LogP contribution is 2.37. The second kappa shape index (κ2) is 14.6. The largest absolute Gasteiger partial charge is 0.481 e. The van der Waals surface area contributed by atoms with Crippen molar-refractivity contribution in [1.82, 2.24) is 15.0 Å². The lowest BCUT2D eigenvalue weighted by Crippen LogP contribution is -2.42. The molecule has 6 rings (SSSR count). The molecule has 4 N–H and O–H groups in total. The number of carbonyl (C=O) groups excluding carboxylic acids is 1. The fourth-order valence-corrected chi connectivity index (χ4v) is 7.30. The molecule has 0 spiro atoms. The maximum absolute atomic E-state index is 13.9. The third-order valence-corrected chi connectivity index (χ3v) is 10.1. The van der Waals surface area contributed by atoms with Crippen LogP contribution in [0.5, 0.6) is 0 Å². The van der Waals surface area contributed by atoms with Gasteiger partial charge < -0.3 is 20.2 Å².